The molecule has 2 N–H and O–H groups in total. The lowest BCUT2D eigenvalue weighted by Gasteiger charge is -2.29. The van der Waals surface area contributed by atoms with Crippen LogP contribution in [0, 0.1) is 5.92 Å². The van der Waals surface area contributed by atoms with Crippen molar-refractivity contribution < 1.29 is 4.74 Å². The summed E-state index contributed by atoms with van der Waals surface area (Å²) in [7, 11) is 0. The van der Waals surface area contributed by atoms with Gasteiger partial charge in [0.1, 0.15) is 5.75 Å². The van der Waals surface area contributed by atoms with Crippen molar-refractivity contribution in [3.05, 3.63) is 29.8 Å². The van der Waals surface area contributed by atoms with Crippen LogP contribution < -0.4 is 10.5 Å². The van der Waals surface area contributed by atoms with Crippen LogP contribution >= 0.6 is 0 Å². The smallest absolute Gasteiger partial charge is 0.119 e. The second-order valence-electron chi connectivity index (χ2n) is 5.16. The van der Waals surface area contributed by atoms with E-state index in [0.717, 1.165) is 30.8 Å². The van der Waals surface area contributed by atoms with Crippen molar-refractivity contribution >= 4 is 0 Å². The molecule has 0 aliphatic heterocycles. The van der Waals surface area contributed by atoms with Crippen LogP contribution in [0.3, 0.4) is 0 Å². The van der Waals surface area contributed by atoms with Gasteiger partial charge in [-0.1, -0.05) is 39.3 Å². The number of rotatable bonds is 6. The molecule has 2 heteroatoms. The van der Waals surface area contributed by atoms with E-state index in [4.69, 9.17) is 10.5 Å². The summed E-state index contributed by atoms with van der Waals surface area (Å²) < 4.78 is 5.63. The maximum Gasteiger partial charge on any atom is 0.119 e. The van der Waals surface area contributed by atoms with Gasteiger partial charge in [0.25, 0.3) is 0 Å². The first kappa shape index (κ1) is 14.0. The van der Waals surface area contributed by atoms with Crippen LogP contribution in [0.15, 0.2) is 24.3 Å². The van der Waals surface area contributed by atoms with E-state index in [0.29, 0.717) is 5.92 Å². The Kier molecular flexibility index (Phi) is 5.01. The van der Waals surface area contributed by atoms with E-state index in [2.05, 4.69) is 39.8 Å². The molecule has 1 unspecified atom stereocenters. The Morgan fingerprint density at radius 2 is 1.82 bits per heavy atom. The Morgan fingerprint density at radius 1 is 1.24 bits per heavy atom. The molecule has 1 atom stereocenters. The summed E-state index contributed by atoms with van der Waals surface area (Å²) in [5.41, 5.74) is 7.20. The molecule has 1 rings (SSSR count). The molecule has 2 nitrogen and oxygen atoms in total. The molecular weight excluding hydrogens is 210 g/mol. The monoisotopic (exact) mass is 235 g/mol. The third-order valence-electron chi connectivity index (χ3n) is 3.44. The Morgan fingerprint density at radius 3 is 2.29 bits per heavy atom. The minimum absolute atomic E-state index is 0.276. The summed E-state index contributed by atoms with van der Waals surface area (Å²) in [5, 5.41) is 0. The third kappa shape index (κ3) is 3.74. The van der Waals surface area contributed by atoms with E-state index < -0.39 is 0 Å². The van der Waals surface area contributed by atoms with Crippen molar-refractivity contribution in [3.63, 3.8) is 0 Å². The van der Waals surface area contributed by atoms with Gasteiger partial charge in [0, 0.05) is 5.54 Å². The van der Waals surface area contributed by atoms with Crippen LogP contribution in [-0.4, -0.2) is 6.61 Å². The highest BCUT2D eigenvalue weighted by molar-refractivity contribution is 5.31. The first-order valence-electron chi connectivity index (χ1n) is 6.50. The molecule has 0 radical (unpaired) electrons. The highest BCUT2D eigenvalue weighted by Gasteiger charge is 2.24. The van der Waals surface area contributed by atoms with Crippen LogP contribution in [0.1, 0.15) is 46.1 Å². The average Bonchev–Trinajstić information content (AvgIpc) is 2.30. The zero-order valence-electron chi connectivity index (χ0n) is 11.5. The lowest BCUT2D eigenvalue weighted by Crippen LogP contribution is -2.38. The van der Waals surface area contributed by atoms with E-state index in [9.17, 15) is 0 Å². The molecule has 0 aliphatic rings. The summed E-state index contributed by atoms with van der Waals surface area (Å²) in [6.07, 6.45) is 2.26. The maximum atomic E-state index is 6.31. The van der Waals surface area contributed by atoms with E-state index in [1.807, 2.05) is 12.1 Å². The van der Waals surface area contributed by atoms with Crippen LogP contribution in [0.2, 0.25) is 0 Å². The van der Waals surface area contributed by atoms with Gasteiger partial charge >= 0.3 is 0 Å². The van der Waals surface area contributed by atoms with Gasteiger partial charge in [-0.15, -0.1) is 0 Å². The summed E-state index contributed by atoms with van der Waals surface area (Å²) in [4.78, 5) is 0. The predicted octanol–water partition coefficient (Wildman–Crippen LogP) is 3.70. The quantitative estimate of drug-likeness (QED) is 0.763. The highest BCUT2D eigenvalue weighted by Crippen LogP contribution is 2.27. The van der Waals surface area contributed by atoms with E-state index in [-0.39, 0.29) is 5.54 Å². The van der Waals surface area contributed by atoms with Crippen LogP contribution in [0.5, 0.6) is 5.75 Å². The molecule has 0 bridgehead atoms. The minimum atomic E-state index is -0.276. The molecule has 0 aromatic heterocycles. The van der Waals surface area contributed by atoms with Gasteiger partial charge in [0.15, 0.2) is 0 Å². The molecule has 0 fully saturated rings. The van der Waals surface area contributed by atoms with E-state index in [1.165, 1.54) is 0 Å². The van der Waals surface area contributed by atoms with Gasteiger partial charge in [0.05, 0.1) is 6.61 Å². The van der Waals surface area contributed by atoms with Crippen molar-refractivity contribution in [2.45, 2.75) is 46.1 Å². The van der Waals surface area contributed by atoms with Crippen molar-refractivity contribution in [3.8, 4) is 5.75 Å². The second-order valence-corrected chi connectivity index (χ2v) is 5.16. The number of benzene rings is 1. The fourth-order valence-electron chi connectivity index (χ4n) is 1.58. The standard InChI is InChI=1S/C15H25NO/c1-5-6-11-17-14-9-7-13(8-10-14)15(4,16)12(2)3/h7-10,12H,5-6,11,16H2,1-4H3. The molecule has 1 aromatic rings. The van der Waals surface area contributed by atoms with Crippen LogP contribution in [-0.2, 0) is 5.54 Å². The fourth-order valence-corrected chi connectivity index (χ4v) is 1.58. The Balaban J connectivity index is 2.68. The second kappa shape index (κ2) is 6.06. The van der Waals surface area contributed by atoms with Crippen molar-refractivity contribution in [2.75, 3.05) is 6.61 Å². The lowest BCUT2D eigenvalue weighted by molar-refractivity contribution is 0.308. The molecule has 0 spiro atoms. The number of hydrogen-bond acceptors (Lipinski definition) is 2. The summed E-state index contributed by atoms with van der Waals surface area (Å²) in [6.45, 7) is 9.32. The molecule has 0 aliphatic carbocycles. The molecule has 0 heterocycles. The third-order valence-corrected chi connectivity index (χ3v) is 3.44. The summed E-state index contributed by atoms with van der Waals surface area (Å²) in [6, 6.07) is 8.17. The predicted molar refractivity (Wildman–Crippen MR) is 73.2 cm³/mol. The normalized spacial score (nSPS) is 14.7. The van der Waals surface area contributed by atoms with E-state index >= 15 is 0 Å². The number of nitrogens with two attached hydrogens (primary N) is 1. The number of unbranched alkanes of at least 4 members (excludes halogenated alkanes) is 1. The highest BCUT2D eigenvalue weighted by atomic mass is 16.5. The first-order chi connectivity index (χ1) is 7.98. The van der Waals surface area contributed by atoms with Gasteiger partial charge in [0.2, 0.25) is 0 Å². The Labute approximate surface area is 105 Å². The number of ether oxygens (including phenoxy) is 1. The topological polar surface area (TPSA) is 35.2 Å². The van der Waals surface area contributed by atoms with Crippen LogP contribution in [0.25, 0.3) is 0 Å². The Hall–Kier alpha value is -1.02. The summed E-state index contributed by atoms with van der Waals surface area (Å²) in [5.74, 6) is 1.34. The van der Waals surface area contributed by atoms with Gasteiger partial charge in [-0.3, -0.25) is 0 Å². The summed E-state index contributed by atoms with van der Waals surface area (Å²) >= 11 is 0. The molecule has 17 heavy (non-hydrogen) atoms. The largest absolute Gasteiger partial charge is 0.494 e. The molecular formula is C15H25NO. The molecule has 0 amide bonds. The maximum absolute atomic E-state index is 6.31. The molecule has 1 aromatic carbocycles. The zero-order chi connectivity index (χ0) is 12.9. The first-order valence-corrected chi connectivity index (χ1v) is 6.50. The lowest BCUT2D eigenvalue weighted by atomic mass is 9.83. The SMILES string of the molecule is CCCCOc1ccc(C(C)(N)C(C)C)cc1. The van der Waals surface area contributed by atoms with Crippen molar-refractivity contribution in [1.29, 1.82) is 0 Å². The van der Waals surface area contributed by atoms with Gasteiger partial charge in [-0.2, -0.15) is 0 Å². The fraction of sp³-hybridized carbons (Fsp3) is 0.600. The Bertz CT molecular complexity index is 327. The average molecular weight is 235 g/mol. The molecule has 96 valence electrons. The van der Waals surface area contributed by atoms with Crippen molar-refractivity contribution in [1.82, 2.24) is 0 Å². The zero-order valence-corrected chi connectivity index (χ0v) is 11.5. The van der Waals surface area contributed by atoms with E-state index in [1.54, 1.807) is 0 Å². The number of hydrogen-bond donors (Lipinski definition) is 1. The molecule has 0 saturated heterocycles. The minimum Gasteiger partial charge on any atom is -0.494 e. The van der Waals surface area contributed by atoms with Crippen molar-refractivity contribution in [2.24, 2.45) is 11.7 Å². The van der Waals surface area contributed by atoms with Gasteiger partial charge < -0.3 is 10.5 Å². The molecule has 0 saturated carbocycles. The van der Waals surface area contributed by atoms with Crippen LogP contribution in [0.4, 0.5) is 0 Å². The van der Waals surface area contributed by atoms with Gasteiger partial charge in [-0.05, 0) is 37.0 Å². The van der Waals surface area contributed by atoms with Gasteiger partial charge in [-0.25, -0.2) is 0 Å².